The van der Waals surface area contributed by atoms with Crippen LogP contribution in [0.2, 0.25) is 0 Å². The fourth-order valence-electron chi connectivity index (χ4n) is 4.69. The summed E-state index contributed by atoms with van der Waals surface area (Å²) < 4.78 is 5.87. The molecular formula is C17H27NO4. The van der Waals surface area contributed by atoms with Crippen LogP contribution in [-0.2, 0) is 14.3 Å². The number of aliphatic carboxylic acids is 1. The quantitative estimate of drug-likeness (QED) is 0.838. The van der Waals surface area contributed by atoms with E-state index in [0.29, 0.717) is 31.6 Å². The number of amides is 1. The van der Waals surface area contributed by atoms with Gasteiger partial charge >= 0.3 is 5.97 Å². The molecule has 124 valence electrons. The van der Waals surface area contributed by atoms with Crippen molar-refractivity contribution in [1.29, 1.82) is 0 Å². The third-order valence-electron chi connectivity index (χ3n) is 6.08. The Morgan fingerprint density at radius 3 is 2.36 bits per heavy atom. The third kappa shape index (κ3) is 2.64. The minimum atomic E-state index is -0.721. The fourth-order valence-corrected chi connectivity index (χ4v) is 4.69. The van der Waals surface area contributed by atoms with Gasteiger partial charge in [0, 0.05) is 29.9 Å². The first kappa shape index (κ1) is 15.8. The van der Waals surface area contributed by atoms with Gasteiger partial charge in [0.1, 0.15) is 0 Å². The van der Waals surface area contributed by atoms with Crippen molar-refractivity contribution in [3.63, 3.8) is 0 Å². The van der Waals surface area contributed by atoms with E-state index in [2.05, 4.69) is 19.2 Å². The number of hydrogen-bond donors (Lipinski definition) is 2. The molecule has 1 heterocycles. The molecule has 3 unspecified atom stereocenters. The highest BCUT2D eigenvalue weighted by molar-refractivity contribution is 5.80. The molecule has 1 amide bonds. The van der Waals surface area contributed by atoms with Crippen molar-refractivity contribution < 1.29 is 19.4 Å². The van der Waals surface area contributed by atoms with Gasteiger partial charge in [-0.1, -0.05) is 13.8 Å². The van der Waals surface area contributed by atoms with Crippen LogP contribution in [0.1, 0.15) is 52.4 Å². The van der Waals surface area contributed by atoms with Crippen molar-refractivity contribution in [1.82, 2.24) is 5.32 Å². The van der Waals surface area contributed by atoms with E-state index in [1.807, 2.05) is 0 Å². The summed E-state index contributed by atoms with van der Waals surface area (Å²) in [5.74, 6) is -0.439. The lowest BCUT2D eigenvalue weighted by molar-refractivity contribution is -0.194. The van der Waals surface area contributed by atoms with Gasteiger partial charge < -0.3 is 15.2 Å². The smallest absolute Gasteiger partial charge is 0.306 e. The molecule has 0 spiro atoms. The lowest BCUT2D eigenvalue weighted by atomic mass is 9.55. The molecule has 5 heteroatoms. The lowest BCUT2D eigenvalue weighted by Gasteiger charge is -2.60. The number of fused-ring (bicyclic) bond motifs is 1. The van der Waals surface area contributed by atoms with E-state index in [9.17, 15) is 9.59 Å². The molecule has 3 aliphatic rings. The van der Waals surface area contributed by atoms with Crippen LogP contribution in [0, 0.1) is 23.2 Å². The summed E-state index contributed by atoms with van der Waals surface area (Å²) in [4.78, 5) is 23.5. The van der Waals surface area contributed by atoms with Gasteiger partial charge in [-0.2, -0.15) is 0 Å². The summed E-state index contributed by atoms with van der Waals surface area (Å²) in [6.45, 7) is 5.18. The molecule has 0 bridgehead atoms. The summed E-state index contributed by atoms with van der Waals surface area (Å²) in [5.41, 5.74) is -0.000979. The van der Waals surface area contributed by atoms with Gasteiger partial charge in [-0.3, -0.25) is 9.59 Å². The Morgan fingerprint density at radius 2 is 1.73 bits per heavy atom. The number of rotatable bonds is 3. The van der Waals surface area contributed by atoms with Gasteiger partial charge in [0.05, 0.1) is 12.0 Å². The predicted molar refractivity (Wildman–Crippen MR) is 81.3 cm³/mol. The predicted octanol–water partition coefficient (Wildman–Crippen LogP) is 2.20. The van der Waals surface area contributed by atoms with Gasteiger partial charge in [0.15, 0.2) is 0 Å². The Labute approximate surface area is 131 Å². The number of carbonyl (C=O) groups is 2. The molecule has 1 aliphatic heterocycles. The van der Waals surface area contributed by atoms with Crippen LogP contribution in [-0.4, -0.2) is 35.7 Å². The maximum absolute atomic E-state index is 12.5. The summed E-state index contributed by atoms with van der Waals surface area (Å²) in [7, 11) is 0. The standard InChI is InChI=1S/C17H27NO4/c1-17(2)13(12-4-3-9-22-14(12)17)18-15(19)10-5-7-11(8-6-10)16(20)21/h10-14H,3-9H2,1-2H3,(H,18,19)(H,20,21). The third-order valence-corrected chi connectivity index (χ3v) is 6.08. The molecule has 2 saturated carbocycles. The molecule has 3 atom stereocenters. The molecule has 5 nitrogen and oxygen atoms in total. The molecule has 0 aromatic rings. The number of carboxylic acids is 1. The van der Waals surface area contributed by atoms with Crippen LogP contribution in [0.25, 0.3) is 0 Å². The normalized spacial score (nSPS) is 40.2. The highest BCUT2D eigenvalue weighted by Crippen LogP contribution is 2.51. The average molecular weight is 309 g/mol. The Morgan fingerprint density at radius 1 is 1.09 bits per heavy atom. The zero-order valence-electron chi connectivity index (χ0n) is 13.5. The molecule has 2 N–H and O–H groups in total. The minimum absolute atomic E-state index is 0.000979. The summed E-state index contributed by atoms with van der Waals surface area (Å²) >= 11 is 0. The highest BCUT2D eigenvalue weighted by atomic mass is 16.5. The Kier molecular flexibility index (Phi) is 4.19. The maximum atomic E-state index is 12.5. The topological polar surface area (TPSA) is 75.6 Å². The van der Waals surface area contributed by atoms with Crippen LogP contribution < -0.4 is 5.32 Å². The molecule has 0 aromatic heterocycles. The van der Waals surface area contributed by atoms with E-state index < -0.39 is 5.97 Å². The molecule has 3 fully saturated rings. The molecule has 1 saturated heterocycles. The van der Waals surface area contributed by atoms with Crippen molar-refractivity contribution in [3.8, 4) is 0 Å². The second kappa shape index (κ2) is 5.84. The SMILES string of the molecule is CC1(C)C(NC(=O)C2CCC(C(=O)O)CC2)C2CCCOC21. The van der Waals surface area contributed by atoms with Crippen molar-refractivity contribution >= 4 is 11.9 Å². The first-order valence-electron chi connectivity index (χ1n) is 8.56. The lowest BCUT2D eigenvalue weighted by Crippen LogP contribution is -2.70. The van der Waals surface area contributed by atoms with Crippen LogP contribution >= 0.6 is 0 Å². The largest absolute Gasteiger partial charge is 0.481 e. The Hall–Kier alpha value is -1.10. The first-order chi connectivity index (χ1) is 10.4. The van der Waals surface area contributed by atoms with Crippen molar-refractivity contribution in [2.45, 2.75) is 64.5 Å². The second-order valence-corrected chi connectivity index (χ2v) is 7.79. The zero-order chi connectivity index (χ0) is 15.9. The first-order valence-corrected chi connectivity index (χ1v) is 8.56. The number of hydrogen-bond acceptors (Lipinski definition) is 3. The number of carboxylic acid groups (broad SMARTS) is 1. The van der Waals surface area contributed by atoms with Crippen LogP contribution in [0.3, 0.4) is 0 Å². The molecule has 22 heavy (non-hydrogen) atoms. The number of nitrogens with one attached hydrogen (secondary N) is 1. The van der Waals surface area contributed by atoms with Gasteiger partial charge in [0.2, 0.25) is 5.91 Å². The van der Waals surface area contributed by atoms with Gasteiger partial charge in [-0.05, 0) is 38.5 Å². The average Bonchev–Trinajstić information content (AvgIpc) is 2.52. The Bertz CT molecular complexity index is 454. The van der Waals surface area contributed by atoms with Crippen LogP contribution in [0.4, 0.5) is 0 Å². The van der Waals surface area contributed by atoms with Gasteiger partial charge in [-0.15, -0.1) is 0 Å². The van der Waals surface area contributed by atoms with E-state index in [-0.39, 0.29) is 35.3 Å². The fraction of sp³-hybridized carbons (Fsp3) is 0.882. The van der Waals surface area contributed by atoms with E-state index in [4.69, 9.17) is 9.84 Å². The van der Waals surface area contributed by atoms with Crippen molar-refractivity contribution in [3.05, 3.63) is 0 Å². The molecule has 0 radical (unpaired) electrons. The molecule has 2 aliphatic carbocycles. The van der Waals surface area contributed by atoms with Crippen molar-refractivity contribution in [2.24, 2.45) is 23.2 Å². The van der Waals surface area contributed by atoms with Gasteiger partial charge in [0.25, 0.3) is 0 Å². The minimum Gasteiger partial charge on any atom is -0.481 e. The second-order valence-electron chi connectivity index (χ2n) is 7.79. The van der Waals surface area contributed by atoms with Crippen LogP contribution in [0.15, 0.2) is 0 Å². The summed E-state index contributed by atoms with van der Waals surface area (Å²) in [6.07, 6.45) is 5.11. The van der Waals surface area contributed by atoms with E-state index in [0.717, 1.165) is 19.4 Å². The molecular weight excluding hydrogens is 282 g/mol. The van der Waals surface area contributed by atoms with E-state index >= 15 is 0 Å². The van der Waals surface area contributed by atoms with Gasteiger partial charge in [-0.25, -0.2) is 0 Å². The van der Waals surface area contributed by atoms with E-state index in [1.54, 1.807) is 0 Å². The maximum Gasteiger partial charge on any atom is 0.306 e. The summed E-state index contributed by atoms with van der Waals surface area (Å²) in [6, 6.07) is 0.197. The van der Waals surface area contributed by atoms with Crippen LogP contribution in [0.5, 0.6) is 0 Å². The monoisotopic (exact) mass is 309 g/mol. The highest BCUT2D eigenvalue weighted by Gasteiger charge is 2.58. The number of carbonyl (C=O) groups excluding carboxylic acids is 1. The number of ether oxygens (including phenoxy) is 1. The van der Waals surface area contributed by atoms with E-state index in [1.165, 1.54) is 0 Å². The molecule has 0 aromatic carbocycles. The molecule has 3 rings (SSSR count). The zero-order valence-corrected chi connectivity index (χ0v) is 13.5. The summed E-state index contributed by atoms with van der Waals surface area (Å²) in [5, 5.41) is 12.3. The Balaban J connectivity index is 1.55. The van der Waals surface area contributed by atoms with Crippen molar-refractivity contribution in [2.75, 3.05) is 6.61 Å².